The Kier molecular flexibility index (Phi) is 4.46. The second kappa shape index (κ2) is 6.68. The van der Waals surface area contributed by atoms with Crippen molar-refractivity contribution in [1.29, 1.82) is 0 Å². The van der Waals surface area contributed by atoms with E-state index in [2.05, 4.69) is 5.32 Å². The summed E-state index contributed by atoms with van der Waals surface area (Å²) in [6.45, 7) is 2.94. The Balaban J connectivity index is 1.53. The van der Waals surface area contributed by atoms with Crippen molar-refractivity contribution in [2.75, 3.05) is 26.2 Å². The van der Waals surface area contributed by atoms with Gasteiger partial charge < -0.3 is 19.9 Å². The number of carbonyl (C=O) groups excluding carboxylic acids is 2. The lowest BCUT2D eigenvalue weighted by Gasteiger charge is -2.36. The zero-order valence-corrected chi connectivity index (χ0v) is 12.5. The molecule has 0 aliphatic carbocycles. The van der Waals surface area contributed by atoms with E-state index in [-0.39, 0.29) is 24.8 Å². The smallest absolute Gasteiger partial charge is 0.410 e. The Bertz CT molecular complexity index is 535. The maximum absolute atomic E-state index is 12.2. The number of piperidine rings is 1. The van der Waals surface area contributed by atoms with E-state index in [0.717, 1.165) is 24.9 Å². The monoisotopic (exact) mass is 303 g/mol. The highest BCUT2D eigenvalue weighted by Gasteiger charge is 2.33. The highest BCUT2D eigenvalue weighted by molar-refractivity contribution is 5.76. The molecule has 0 aromatic heterocycles. The minimum absolute atomic E-state index is 0.0236. The van der Waals surface area contributed by atoms with Crippen molar-refractivity contribution in [2.24, 2.45) is 0 Å². The van der Waals surface area contributed by atoms with Gasteiger partial charge in [0.25, 0.3) is 0 Å². The molecule has 0 bridgehead atoms. The lowest BCUT2D eigenvalue weighted by atomic mass is 10.1. The Morgan fingerprint density at radius 2 is 2.09 bits per heavy atom. The first kappa shape index (κ1) is 14.7. The van der Waals surface area contributed by atoms with Gasteiger partial charge in [0.1, 0.15) is 6.61 Å². The molecule has 118 valence electrons. The van der Waals surface area contributed by atoms with Crippen molar-refractivity contribution in [3.05, 3.63) is 35.9 Å². The number of ether oxygens (including phenoxy) is 1. The first-order chi connectivity index (χ1) is 10.7. The molecule has 1 aromatic rings. The average molecular weight is 303 g/mol. The summed E-state index contributed by atoms with van der Waals surface area (Å²) in [5.74, 6) is 0. The SMILES string of the molecule is O=C(OCc1ccccc1)N1CCCC(N2CCNC2=O)C1. The molecule has 2 heterocycles. The van der Waals surface area contributed by atoms with Gasteiger partial charge in [-0.25, -0.2) is 9.59 Å². The molecular formula is C16H21N3O3. The summed E-state index contributed by atoms with van der Waals surface area (Å²) in [7, 11) is 0. The molecule has 1 unspecified atom stereocenters. The van der Waals surface area contributed by atoms with Crippen LogP contribution in [0.3, 0.4) is 0 Å². The second-order valence-corrected chi connectivity index (χ2v) is 5.71. The van der Waals surface area contributed by atoms with Gasteiger partial charge in [-0.05, 0) is 18.4 Å². The van der Waals surface area contributed by atoms with Crippen LogP contribution in [0.5, 0.6) is 0 Å². The second-order valence-electron chi connectivity index (χ2n) is 5.71. The summed E-state index contributed by atoms with van der Waals surface area (Å²) in [6, 6.07) is 9.71. The lowest BCUT2D eigenvalue weighted by Crippen LogP contribution is -2.50. The first-order valence-corrected chi connectivity index (χ1v) is 7.74. The molecule has 0 saturated carbocycles. The highest BCUT2D eigenvalue weighted by atomic mass is 16.6. The number of urea groups is 1. The molecule has 1 N–H and O–H groups in total. The fourth-order valence-electron chi connectivity index (χ4n) is 3.02. The predicted octanol–water partition coefficient (Wildman–Crippen LogP) is 1.81. The zero-order valence-electron chi connectivity index (χ0n) is 12.5. The van der Waals surface area contributed by atoms with E-state index in [1.54, 1.807) is 4.90 Å². The van der Waals surface area contributed by atoms with E-state index in [1.807, 2.05) is 35.2 Å². The Hall–Kier alpha value is -2.24. The summed E-state index contributed by atoms with van der Waals surface area (Å²) in [5, 5.41) is 2.81. The van der Waals surface area contributed by atoms with Crippen LogP contribution in [0.15, 0.2) is 30.3 Å². The van der Waals surface area contributed by atoms with Crippen molar-refractivity contribution in [3.63, 3.8) is 0 Å². The van der Waals surface area contributed by atoms with Crippen molar-refractivity contribution >= 4 is 12.1 Å². The Morgan fingerprint density at radius 1 is 1.27 bits per heavy atom. The number of amides is 3. The normalized spacial score (nSPS) is 21.6. The predicted molar refractivity (Wildman–Crippen MR) is 81.3 cm³/mol. The van der Waals surface area contributed by atoms with Gasteiger partial charge in [0, 0.05) is 26.2 Å². The summed E-state index contributed by atoms with van der Waals surface area (Å²) >= 11 is 0. The molecule has 1 atom stereocenters. The molecule has 1 aromatic carbocycles. The van der Waals surface area contributed by atoms with Crippen LogP contribution in [0.2, 0.25) is 0 Å². The largest absolute Gasteiger partial charge is 0.445 e. The number of benzene rings is 1. The standard InChI is InChI=1S/C16H21N3O3/c20-15-17-8-10-19(15)14-7-4-9-18(11-14)16(21)22-12-13-5-2-1-3-6-13/h1-3,5-6,14H,4,7-12H2,(H,17,20). The third-order valence-electron chi connectivity index (χ3n) is 4.19. The van der Waals surface area contributed by atoms with Crippen LogP contribution < -0.4 is 5.32 Å². The Labute approximate surface area is 130 Å². The molecule has 0 radical (unpaired) electrons. The maximum Gasteiger partial charge on any atom is 0.410 e. The summed E-state index contributed by atoms with van der Waals surface area (Å²) < 4.78 is 5.37. The van der Waals surface area contributed by atoms with Crippen LogP contribution in [0.1, 0.15) is 18.4 Å². The molecule has 2 aliphatic heterocycles. The number of carbonyl (C=O) groups is 2. The van der Waals surface area contributed by atoms with Gasteiger partial charge in [0.05, 0.1) is 6.04 Å². The van der Waals surface area contributed by atoms with Crippen LogP contribution >= 0.6 is 0 Å². The third-order valence-corrected chi connectivity index (χ3v) is 4.19. The van der Waals surface area contributed by atoms with E-state index in [4.69, 9.17) is 4.74 Å². The zero-order chi connectivity index (χ0) is 15.4. The minimum atomic E-state index is -0.298. The number of rotatable bonds is 3. The third kappa shape index (κ3) is 3.32. The molecule has 3 rings (SSSR count). The van der Waals surface area contributed by atoms with Crippen LogP contribution in [0.4, 0.5) is 9.59 Å². The van der Waals surface area contributed by atoms with Gasteiger partial charge in [-0.2, -0.15) is 0 Å². The van der Waals surface area contributed by atoms with Crippen molar-refractivity contribution in [3.8, 4) is 0 Å². The maximum atomic E-state index is 12.2. The van der Waals surface area contributed by atoms with Gasteiger partial charge in [-0.3, -0.25) is 0 Å². The fourth-order valence-corrected chi connectivity index (χ4v) is 3.02. The van der Waals surface area contributed by atoms with Gasteiger partial charge in [0.2, 0.25) is 0 Å². The molecule has 2 aliphatic rings. The molecule has 22 heavy (non-hydrogen) atoms. The summed E-state index contributed by atoms with van der Waals surface area (Å²) in [4.78, 5) is 27.5. The first-order valence-electron chi connectivity index (χ1n) is 7.74. The number of hydrogen-bond donors (Lipinski definition) is 1. The molecule has 6 heteroatoms. The Morgan fingerprint density at radius 3 is 2.82 bits per heavy atom. The molecule has 2 fully saturated rings. The minimum Gasteiger partial charge on any atom is -0.445 e. The number of nitrogens with one attached hydrogen (secondary N) is 1. The van der Waals surface area contributed by atoms with Gasteiger partial charge >= 0.3 is 12.1 Å². The molecule has 6 nitrogen and oxygen atoms in total. The van der Waals surface area contributed by atoms with Crippen LogP contribution in [-0.2, 0) is 11.3 Å². The number of likely N-dealkylation sites (tertiary alicyclic amines) is 1. The average Bonchev–Trinajstić information content (AvgIpc) is 3.00. The molecular weight excluding hydrogens is 282 g/mol. The van der Waals surface area contributed by atoms with E-state index >= 15 is 0 Å². The van der Waals surface area contributed by atoms with Crippen LogP contribution in [0.25, 0.3) is 0 Å². The van der Waals surface area contributed by atoms with Crippen molar-refractivity contribution < 1.29 is 14.3 Å². The lowest BCUT2D eigenvalue weighted by molar-refractivity contribution is 0.0712. The van der Waals surface area contributed by atoms with Gasteiger partial charge in [0.15, 0.2) is 0 Å². The van der Waals surface area contributed by atoms with E-state index < -0.39 is 0 Å². The van der Waals surface area contributed by atoms with Crippen LogP contribution in [0, 0.1) is 0 Å². The topological polar surface area (TPSA) is 61.9 Å². The van der Waals surface area contributed by atoms with Crippen LogP contribution in [-0.4, -0.2) is 54.1 Å². The molecule has 3 amide bonds. The van der Waals surface area contributed by atoms with Crippen molar-refractivity contribution in [2.45, 2.75) is 25.5 Å². The molecule has 0 spiro atoms. The highest BCUT2D eigenvalue weighted by Crippen LogP contribution is 2.18. The number of nitrogens with zero attached hydrogens (tertiary/aromatic N) is 2. The van der Waals surface area contributed by atoms with Gasteiger partial charge in [-0.1, -0.05) is 30.3 Å². The quantitative estimate of drug-likeness (QED) is 0.926. The van der Waals surface area contributed by atoms with Gasteiger partial charge in [-0.15, -0.1) is 0 Å². The molecule has 2 saturated heterocycles. The van der Waals surface area contributed by atoms with Crippen molar-refractivity contribution in [1.82, 2.24) is 15.1 Å². The summed E-state index contributed by atoms with van der Waals surface area (Å²) in [5.41, 5.74) is 0.975. The van der Waals surface area contributed by atoms with E-state index in [9.17, 15) is 9.59 Å². The van der Waals surface area contributed by atoms with E-state index in [1.165, 1.54) is 0 Å². The number of hydrogen-bond acceptors (Lipinski definition) is 3. The summed E-state index contributed by atoms with van der Waals surface area (Å²) in [6.07, 6.45) is 1.54. The fraction of sp³-hybridized carbons (Fsp3) is 0.500. The van der Waals surface area contributed by atoms with E-state index in [0.29, 0.717) is 19.6 Å².